The molecule has 0 aromatic heterocycles. The lowest BCUT2D eigenvalue weighted by Crippen LogP contribution is -2.62. The van der Waals surface area contributed by atoms with Gasteiger partial charge >= 0.3 is 11.9 Å². The van der Waals surface area contributed by atoms with Crippen LogP contribution < -0.4 is 0 Å². The molecule has 27 heavy (non-hydrogen) atoms. The molecule has 5 aliphatic rings. The molecule has 4 unspecified atom stereocenters. The van der Waals surface area contributed by atoms with Gasteiger partial charge in [-0.3, -0.25) is 14.8 Å². The molecule has 4 saturated carbocycles. The quantitative estimate of drug-likeness (QED) is 0.430. The lowest BCUT2D eigenvalue weighted by Gasteiger charge is -2.63. The summed E-state index contributed by atoms with van der Waals surface area (Å²) in [7, 11) is 0. The fourth-order valence-electron chi connectivity index (χ4n) is 6.58. The molecule has 1 aliphatic heterocycles. The van der Waals surface area contributed by atoms with Crippen LogP contribution in [0.25, 0.3) is 0 Å². The van der Waals surface area contributed by atoms with Crippen molar-refractivity contribution < 1.29 is 29.2 Å². The number of hydrogen-bond donors (Lipinski definition) is 1. The molecule has 5 fully saturated rings. The molecule has 0 spiro atoms. The molecule has 4 bridgehead atoms. The van der Waals surface area contributed by atoms with Crippen LogP contribution in [-0.2, 0) is 24.0 Å². The second-order valence-electron chi connectivity index (χ2n) is 10.2. The van der Waals surface area contributed by atoms with Crippen molar-refractivity contribution in [3.05, 3.63) is 0 Å². The van der Waals surface area contributed by atoms with E-state index < -0.39 is 23.0 Å². The van der Waals surface area contributed by atoms with Gasteiger partial charge in [0.1, 0.15) is 11.7 Å². The summed E-state index contributed by atoms with van der Waals surface area (Å²) in [6.45, 7) is 6.25. The van der Waals surface area contributed by atoms with Crippen LogP contribution >= 0.6 is 0 Å². The zero-order chi connectivity index (χ0) is 19.4. The van der Waals surface area contributed by atoms with E-state index in [-0.39, 0.29) is 17.4 Å². The van der Waals surface area contributed by atoms with Crippen LogP contribution in [0.15, 0.2) is 0 Å². The highest BCUT2D eigenvalue weighted by Gasteiger charge is 2.64. The monoisotopic (exact) mass is 380 g/mol. The van der Waals surface area contributed by atoms with Crippen molar-refractivity contribution >= 4 is 11.9 Å². The summed E-state index contributed by atoms with van der Waals surface area (Å²) in [6, 6.07) is 0. The van der Waals surface area contributed by atoms with Gasteiger partial charge in [0.05, 0.1) is 17.9 Å². The maximum Gasteiger partial charge on any atom is 0.312 e. The van der Waals surface area contributed by atoms with Crippen molar-refractivity contribution in [2.75, 3.05) is 6.61 Å². The van der Waals surface area contributed by atoms with Crippen LogP contribution in [-0.4, -0.2) is 35.5 Å². The van der Waals surface area contributed by atoms with Gasteiger partial charge in [0.2, 0.25) is 0 Å². The first-order valence-corrected chi connectivity index (χ1v) is 10.4. The van der Waals surface area contributed by atoms with E-state index in [1.54, 1.807) is 0 Å². The Morgan fingerprint density at radius 3 is 2.48 bits per heavy atom. The Bertz CT molecular complexity index is 612. The Morgan fingerprint density at radius 1 is 1.30 bits per heavy atom. The SMILES string of the molecule is CCC(C)(C)C(=O)OC12CC3CC(C1)CC(C(OO)C1CCOC1=O)(C3)C2. The maximum atomic E-state index is 12.9. The number of ether oxygens (including phenoxy) is 2. The van der Waals surface area contributed by atoms with E-state index in [1.807, 2.05) is 20.8 Å². The third-order valence-electron chi connectivity index (χ3n) is 7.86. The Morgan fingerprint density at radius 2 is 1.96 bits per heavy atom. The molecule has 6 heteroatoms. The molecule has 0 aromatic rings. The minimum atomic E-state index is -0.573. The van der Waals surface area contributed by atoms with E-state index in [0.29, 0.717) is 31.3 Å². The lowest BCUT2D eigenvalue weighted by molar-refractivity contribution is -0.337. The van der Waals surface area contributed by atoms with Crippen molar-refractivity contribution in [2.45, 2.75) is 83.8 Å². The van der Waals surface area contributed by atoms with Gasteiger partial charge < -0.3 is 9.47 Å². The Balaban J connectivity index is 1.62. The van der Waals surface area contributed by atoms with Crippen LogP contribution in [0.4, 0.5) is 0 Å². The van der Waals surface area contributed by atoms with Gasteiger partial charge in [-0.15, -0.1) is 0 Å². The Hall–Kier alpha value is -1.14. The first-order chi connectivity index (χ1) is 12.7. The lowest BCUT2D eigenvalue weighted by atomic mass is 9.45. The molecule has 0 amide bonds. The summed E-state index contributed by atoms with van der Waals surface area (Å²) >= 11 is 0. The van der Waals surface area contributed by atoms with Crippen LogP contribution in [0, 0.1) is 28.6 Å². The summed E-state index contributed by atoms with van der Waals surface area (Å²) in [5, 5.41) is 9.78. The fraction of sp³-hybridized carbons (Fsp3) is 0.905. The average molecular weight is 380 g/mol. The highest BCUT2D eigenvalue weighted by atomic mass is 17.1. The van der Waals surface area contributed by atoms with E-state index >= 15 is 0 Å². The molecule has 152 valence electrons. The van der Waals surface area contributed by atoms with Crippen LogP contribution in [0.5, 0.6) is 0 Å². The first kappa shape index (κ1) is 19.2. The third-order valence-corrected chi connectivity index (χ3v) is 7.86. The molecular weight excluding hydrogens is 348 g/mol. The number of carbonyl (C=O) groups is 2. The van der Waals surface area contributed by atoms with Gasteiger partial charge in [-0.25, -0.2) is 4.89 Å². The molecule has 0 radical (unpaired) electrons. The summed E-state index contributed by atoms with van der Waals surface area (Å²) in [4.78, 5) is 30.0. The van der Waals surface area contributed by atoms with Crippen LogP contribution in [0.2, 0.25) is 0 Å². The van der Waals surface area contributed by atoms with E-state index in [1.165, 1.54) is 0 Å². The van der Waals surface area contributed by atoms with Gasteiger partial charge in [0, 0.05) is 5.41 Å². The summed E-state index contributed by atoms with van der Waals surface area (Å²) in [5.74, 6) is 0.0793. The smallest absolute Gasteiger partial charge is 0.312 e. The molecule has 0 aromatic carbocycles. The highest BCUT2D eigenvalue weighted by molar-refractivity contribution is 5.76. The van der Waals surface area contributed by atoms with Gasteiger partial charge in [-0.1, -0.05) is 6.92 Å². The molecule has 6 nitrogen and oxygen atoms in total. The van der Waals surface area contributed by atoms with Crippen LogP contribution in [0.1, 0.15) is 72.1 Å². The summed E-state index contributed by atoms with van der Waals surface area (Å²) in [5.41, 5.74) is -1.30. The molecular formula is C21H32O6. The van der Waals surface area contributed by atoms with Gasteiger partial charge in [0.15, 0.2) is 0 Å². The number of cyclic esters (lactones) is 1. The zero-order valence-corrected chi connectivity index (χ0v) is 16.7. The maximum absolute atomic E-state index is 12.9. The van der Waals surface area contributed by atoms with Crippen molar-refractivity contribution in [2.24, 2.45) is 28.6 Å². The van der Waals surface area contributed by atoms with Gasteiger partial charge in [-0.2, -0.15) is 0 Å². The highest BCUT2D eigenvalue weighted by Crippen LogP contribution is 2.65. The van der Waals surface area contributed by atoms with Crippen molar-refractivity contribution in [3.63, 3.8) is 0 Å². The average Bonchev–Trinajstić information content (AvgIpc) is 2.99. The predicted octanol–water partition coefficient (Wildman–Crippen LogP) is 3.73. The molecule has 1 heterocycles. The number of rotatable bonds is 6. The molecule has 1 saturated heterocycles. The number of carbonyl (C=O) groups excluding carboxylic acids is 2. The number of hydrogen-bond acceptors (Lipinski definition) is 6. The predicted molar refractivity (Wildman–Crippen MR) is 96.6 cm³/mol. The summed E-state index contributed by atoms with van der Waals surface area (Å²) in [6.07, 6.45) is 6.19. The van der Waals surface area contributed by atoms with Crippen LogP contribution in [0.3, 0.4) is 0 Å². The first-order valence-electron chi connectivity index (χ1n) is 10.4. The largest absolute Gasteiger partial charge is 0.465 e. The van der Waals surface area contributed by atoms with Gasteiger partial charge in [0.25, 0.3) is 0 Å². The van der Waals surface area contributed by atoms with E-state index in [0.717, 1.165) is 38.5 Å². The standard InChI is InChI=1S/C21H32O6/c1-4-19(2,3)18(23)26-21-10-13-7-14(11-21)9-20(8-13,12-21)16(27-24)15-5-6-25-17(15)22/h13-16,24H,4-12H2,1-3H3. The minimum Gasteiger partial charge on any atom is -0.465 e. The minimum absolute atomic E-state index is 0.135. The second kappa shape index (κ2) is 6.45. The van der Waals surface area contributed by atoms with E-state index in [4.69, 9.17) is 14.4 Å². The normalized spacial score (nSPS) is 41.5. The fourth-order valence-corrected chi connectivity index (χ4v) is 6.58. The van der Waals surface area contributed by atoms with E-state index in [2.05, 4.69) is 0 Å². The molecule has 5 rings (SSSR count). The zero-order valence-electron chi connectivity index (χ0n) is 16.7. The molecule has 1 N–H and O–H groups in total. The number of esters is 2. The second-order valence-corrected chi connectivity index (χ2v) is 10.2. The van der Waals surface area contributed by atoms with E-state index in [9.17, 15) is 14.8 Å². The molecule has 4 atom stereocenters. The van der Waals surface area contributed by atoms with Crippen molar-refractivity contribution in [3.8, 4) is 0 Å². The van der Waals surface area contributed by atoms with Crippen molar-refractivity contribution in [1.82, 2.24) is 0 Å². The van der Waals surface area contributed by atoms with Crippen molar-refractivity contribution in [1.29, 1.82) is 0 Å². The third kappa shape index (κ3) is 3.09. The molecule has 4 aliphatic carbocycles. The summed E-state index contributed by atoms with van der Waals surface area (Å²) < 4.78 is 11.4. The Kier molecular flexibility index (Phi) is 4.58. The Labute approximate surface area is 160 Å². The van der Waals surface area contributed by atoms with Gasteiger partial charge in [-0.05, 0) is 77.0 Å². The topological polar surface area (TPSA) is 82.1 Å².